The molecule has 2 aromatic rings. The van der Waals surface area contributed by atoms with Gasteiger partial charge in [-0.2, -0.15) is 0 Å². The van der Waals surface area contributed by atoms with Crippen molar-refractivity contribution in [3.05, 3.63) is 59.7 Å². The van der Waals surface area contributed by atoms with Gasteiger partial charge in [0.05, 0.1) is 11.4 Å². The summed E-state index contributed by atoms with van der Waals surface area (Å²) in [5, 5.41) is 6.10. The third-order valence-electron chi connectivity index (χ3n) is 5.17. The van der Waals surface area contributed by atoms with Gasteiger partial charge in [0.1, 0.15) is 0 Å². The van der Waals surface area contributed by atoms with Crippen LogP contribution in [0.1, 0.15) is 57.2 Å². The highest BCUT2D eigenvalue weighted by atomic mass is 32.2. The molecule has 158 valence electrons. The van der Waals surface area contributed by atoms with Gasteiger partial charge in [0, 0.05) is 18.0 Å². The molecular formula is C23H32N2O3S. The van der Waals surface area contributed by atoms with E-state index in [0.717, 1.165) is 18.2 Å². The molecule has 0 radical (unpaired) electrons. The van der Waals surface area contributed by atoms with Crippen molar-refractivity contribution in [1.82, 2.24) is 5.32 Å². The molecule has 0 aliphatic rings. The lowest BCUT2D eigenvalue weighted by molar-refractivity contribution is -0.115. The molecule has 6 heteroatoms. The molecular weight excluding hydrogens is 384 g/mol. The molecule has 0 saturated heterocycles. The Bertz CT molecular complexity index is 921. The van der Waals surface area contributed by atoms with Crippen molar-refractivity contribution in [2.75, 3.05) is 18.1 Å². The van der Waals surface area contributed by atoms with Gasteiger partial charge in [-0.15, -0.1) is 0 Å². The van der Waals surface area contributed by atoms with Crippen molar-refractivity contribution in [3.63, 3.8) is 0 Å². The first kappa shape index (κ1) is 23.1. The van der Waals surface area contributed by atoms with Gasteiger partial charge in [0.2, 0.25) is 5.91 Å². The summed E-state index contributed by atoms with van der Waals surface area (Å²) in [7, 11) is -3.31. The third kappa shape index (κ3) is 6.68. The molecule has 0 aromatic heterocycles. The Morgan fingerprint density at radius 2 is 1.62 bits per heavy atom. The number of nitrogens with one attached hydrogen (secondary N) is 2. The minimum absolute atomic E-state index is 0.0501. The van der Waals surface area contributed by atoms with Crippen LogP contribution in [0.2, 0.25) is 0 Å². The highest BCUT2D eigenvalue weighted by molar-refractivity contribution is 7.90. The van der Waals surface area contributed by atoms with E-state index in [0.29, 0.717) is 17.5 Å². The number of sulfone groups is 1. The first-order valence-corrected chi connectivity index (χ1v) is 11.9. The number of carbonyl (C=O) groups excluding carboxylic acids is 1. The molecule has 5 nitrogen and oxygen atoms in total. The van der Waals surface area contributed by atoms with Gasteiger partial charge >= 0.3 is 0 Å². The lowest BCUT2D eigenvalue weighted by Gasteiger charge is -2.23. The van der Waals surface area contributed by atoms with E-state index in [2.05, 4.69) is 62.6 Å². The lowest BCUT2D eigenvalue weighted by atomic mass is 9.92. The standard InChI is InChI=1S/C23H32N2O3S/c1-6-17(4)18-10-12-19(13-11-18)23(16(2)3)24-15-22(26)25-20-8-7-9-21(14-20)29(5,27)28/h7-14,16-17,23-24H,6,15H2,1-5H3,(H,25,26). The van der Waals surface area contributed by atoms with Crippen LogP contribution in [-0.4, -0.2) is 27.1 Å². The van der Waals surface area contributed by atoms with Crippen LogP contribution in [0, 0.1) is 5.92 Å². The number of benzene rings is 2. The maximum Gasteiger partial charge on any atom is 0.238 e. The number of hydrogen-bond acceptors (Lipinski definition) is 4. The highest BCUT2D eigenvalue weighted by Gasteiger charge is 2.17. The van der Waals surface area contributed by atoms with Crippen molar-refractivity contribution in [2.45, 2.75) is 51.0 Å². The monoisotopic (exact) mass is 416 g/mol. The molecule has 1 amide bonds. The van der Waals surface area contributed by atoms with E-state index in [-0.39, 0.29) is 23.4 Å². The molecule has 0 heterocycles. The Morgan fingerprint density at radius 3 is 2.17 bits per heavy atom. The second-order valence-corrected chi connectivity index (χ2v) is 9.94. The minimum atomic E-state index is -3.31. The van der Waals surface area contributed by atoms with Gasteiger partial charge < -0.3 is 10.6 Å². The number of carbonyl (C=O) groups is 1. The maximum absolute atomic E-state index is 12.4. The molecule has 2 aromatic carbocycles. The maximum atomic E-state index is 12.4. The molecule has 29 heavy (non-hydrogen) atoms. The van der Waals surface area contributed by atoms with Crippen LogP contribution < -0.4 is 10.6 Å². The Kier molecular flexibility index (Phi) is 7.99. The van der Waals surface area contributed by atoms with Crippen LogP contribution in [0.5, 0.6) is 0 Å². The number of anilines is 1. The van der Waals surface area contributed by atoms with Crippen molar-refractivity contribution in [1.29, 1.82) is 0 Å². The van der Waals surface area contributed by atoms with Crippen molar-refractivity contribution in [3.8, 4) is 0 Å². The molecule has 0 bridgehead atoms. The van der Waals surface area contributed by atoms with E-state index in [4.69, 9.17) is 0 Å². The Balaban J connectivity index is 2.03. The summed E-state index contributed by atoms with van der Waals surface area (Å²) >= 11 is 0. The average Bonchev–Trinajstić information content (AvgIpc) is 2.67. The second kappa shape index (κ2) is 10.0. The van der Waals surface area contributed by atoms with Crippen LogP contribution >= 0.6 is 0 Å². The summed E-state index contributed by atoms with van der Waals surface area (Å²) in [5.74, 6) is 0.631. The van der Waals surface area contributed by atoms with Gasteiger partial charge in [-0.1, -0.05) is 58.0 Å². The molecule has 2 unspecified atom stereocenters. The zero-order chi connectivity index (χ0) is 21.6. The topological polar surface area (TPSA) is 75.3 Å². The van der Waals surface area contributed by atoms with Gasteiger partial charge in [-0.3, -0.25) is 4.79 Å². The molecule has 0 aliphatic carbocycles. The number of amides is 1. The van der Waals surface area contributed by atoms with Gasteiger partial charge in [0.25, 0.3) is 0 Å². The normalized spacial score (nSPS) is 13.9. The fourth-order valence-corrected chi connectivity index (χ4v) is 3.89. The van der Waals surface area contributed by atoms with Gasteiger partial charge in [0.15, 0.2) is 9.84 Å². The summed E-state index contributed by atoms with van der Waals surface area (Å²) in [5.41, 5.74) is 2.94. The Hall–Kier alpha value is -2.18. The summed E-state index contributed by atoms with van der Waals surface area (Å²) in [6, 6.07) is 14.9. The van der Waals surface area contributed by atoms with E-state index in [1.54, 1.807) is 12.1 Å². The SMILES string of the molecule is CCC(C)c1ccc(C(NCC(=O)Nc2cccc(S(C)(=O)=O)c2)C(C)C)cc1. The van der Waals surface area contributed by atoms with Crippen molar-refractivity contribution >= 4 is 21.4 Å². The highest BCUT2D eigenvalue weighted by Crippen LogP contribution is 2.25. The van der Waals surface area contributed by atoms with E-state index in [1.165, 1.54) is 17.7 Å². The summed E-state index contributed by atoms with van der Waals surface area (Å²) < 4.78 is 23.4. The van der Waals surface area contributed by atoms with Crippen LogP contribution in [-0.2, 0) is 14.6 Å². The average molecular weight is 417 g/mol. The predicted octanol–water partition coefficient (Wildman–Crippen LogP) is 4.53. The summed E-state index contributed by atoms with van der Waals surface area (Å²) in [6.45, 7) is 8.78. The van der Waals surface area contributed by atoms with Crippen LogP contribution in [0.25, 0.3) is 0 Å². The van der Waals surface area contributed by atoms with Crippen LogP contribution in [0.4, 0.5) is 5.69 Å². The quantitative estimate of drug-likeness (QED) is 0.630. The zero-order valence-electron chi connectivity index (χ0n) is 17.9. The van der Waals surface area contributed by atoms with E-state index in [9.17, 15) is 13.2 Å². The van der Waals surface area contributed by atoms with Crippen LogP contribution in [0.15, 0.2) is 53.4 Å². The fraction of sp³-hybridized carbons (Fsp3) is 0.435. The number of rotatable bonds is 9. The smallest absolute Gasteiger partial charge is 0.238 e. The Labute approximate surface area is 174 Å². The first-order valence-electron chi connectivity index (χ1n) is 10.0. The van der Waals surface area contributed by atoms with Crippen LogP contribution in [0.3, 0.4) is 0 Å². The van der Waals surface area contributed by atoms with E-state index >= 15 is 0 Å². The van der Waals surface area contributed by atoms with E-state index in [1.807, 2.05) is 0 Å². The molecule has 0 saturated carbocycles. The summed E-state index contributed by atoms with van der Waals surface area (Å²) in [4.78, 5) is 12.6. The molecule has 0 spiro atoms. The van der Waals surface area contributed by atoms with Gasteiger partial charge in [-0.05, 0) is 47.6 Å². The van der Waals surface area contributed by atoms with Crippen molar-refractivity contribution in [2.24, 2.45) is 5.92 Å². The minimum Gasteiger partial charge on any atom is -0.325 e. The molecule has 0 fully saturated rings. The Morgan fingerprint density at radius 1 is 1.00 bits per heavy atom. The largest absolute Gasteiger partial charge is 0.325 e. The molecule has 0 aliphatic heterocycles. The predicted molar refractivity (Wildman–Crippen MR) is 119 cm³/mol. The molecule has 2 N–H and O–H groups in total. The third-order valence-corrected chi connectivity index (χ3v) is 6.28. The van der Waals surface area contributed by atoms with Crippen molar-refractivity contribution < 1.29 is 13.2 Å². The lowest BCUT2D eigenvalue weighted by Crippen LogP contribution is -2.33. The van der Waals surface area contributed by atoms with E-state index < -0.39 is 9.84 Å². The molecule has 2 rings (SSSR count). The second-order valence-electron chi connectivity index (χ2n) is 7.93. The fourth-order valence-electron chi connectivity index (χ4n) is 3.22. The van der Waals surface area contributed by atoms with Gasteiger partial charge in [-0.25, -0.2) is 8.42 Å². The first-order chi connectivity index (χ1) is 13.6. The number of hydrogen-bond donors (Lipinski definition) is 2. The zero-order valence-corrected chi connectivity index (χ0v) is 18.7. The summed E-state index contributed by atoms with van der Waals surface area (Å²) in [6.07, 6.45) is 2.25. The molecule has 2 atom stereocenters.